The van der Waals surface area contributed by atoms with Crippen molar-refractivity contribution in [3.8, 4) is 5.75 Å². The third-order valence-corrected chi connectivity index (χ3v) is 2.95. The molecule has 1 aromatic carbocycles. The number of carbonyl (C=O) groups excluding carboxylic acids is 2. The van der Waals surface area contributed by atoms with E-state index in [4.69, 9.17) is 4.74 Å². The van der Waals surface area contributed by atoms with Gasteiger partial charge in [-0.2, -0.15) is 0 Å². The van der Waals surface area contributed by atoms with E-state index in [1.165, 1.54) is 7.11 Å². The van der Waals surface area contributed by atoms with Crippen LogP contribution in [0.25, 0.3) is 0 Å². The van der Waals surface area contributed by atoms with Crippen molar-refractivity contribution in [2.24, 2.45) is 5.92 Å². The Balaban J connectivity index is 2.08. The molecule has 0 saturated heterocycles. The summed E-state index contributed by atoms with van der Waals surface area (Å²) in [6, 6.07) is 7.51. The maximum atomic E-state index is 12.0. The van der Waals surface area contributed by atoms with Gasteiger partial charge in [0.25, 0.3) is 0 Å². The van der Waals surface area contributed by atoms with E-state index in [-0.39, 0.29) is 5.78 Å². The summed E-state index contributed by atoms with van der Waals surface area (Å²) in [6.45, 7) is 1.54. The van der Waals surface area contributed by atoms with Gasteiger partial charge in [0.1, 0.15) is 11.7 Å². The Kier molecular flexibility index (Phi) is 3.13. The molecule has 2 unspecified atom stereocenters. The number of para-hydroxylation sites is 1. The highest BCUT2D eigenvalue weighted by atomic mass is 16.5. The summed E-state index contributed by atoms with van der Waals surface area (Å²) >= 11 is 0. The normalized spacial score (nSPS) is 19.1. The van der Waals surface area contributed by atoms with E-state index in [1.54, 1.807) is 6.92 Å². The Hall–Kier alpha value is -1.84. The monoisotopic (exact) mass is 234 g/mol. The van der Waals surface area contributed by atoms with Gasteiger partial charge in [-0.1, -0.05) is 18.2 Å². The van der Waals surface area contributed by atoms with Crippen LogP contribution in [-0.2, 0) is 20.7 Å². The van der Waals surface area contributed by atoms with Crippen molar-refractivity contribution in [3.63, 3.8) is 0 Å². The van der Waals surface area contributed by atoms with Gasteiger partial charge in [0.15, 0.2) is 11.9 Å². The molecule has 90 valence electrons. The average molecular weight is 234 g/mol. The molecule has 2 rings (SSSR count). The molecular formula is C13H14O4. The third kappa shape index (κ3) is 2.16. The highest BCUT2D eigenvalue weighted by Gasteiger charge is 2.35. The van der Waals surface area contributed by atoms with Crippen LogP contribution < -0.4 is 4.74 Å². The smallest absolute Gasteiger partial charge is 0.316 e. The summed E-state index contributed by atoms with van der Waals surface area (Å²) in [7, 11) is 1.27. The van der Waals surface area contributed by atoms with Gasteiger partial charge >= 0.3 is 5.97 Å². The number of fused-ring (bicyclic) bond motifs is 1. The van der Waals surface area contributed by atoms with Crippen molar-refractivity contribution >= 4 is 11.8 Å². The first kappa shape index (κ1) is 11.6. The summed E-state index contributed by atoms with van der Waals surface area (Å²) in [5.74, 6) is -0.801. The second-order valence-corrected chi connectivity index (χ2v) is 4.07. The Bertz CT molecular complexity index is 427. The molecule has 17 heavy (non-hydrogen) atoms. The Morgan fingerprint density at radius 1 is 1.41 bits per heavy atom. The number of rotatable bonds is 3. The lowest BCUT2D eigenvalue weighted by molar-refractivity contribution is -0.150. The summed E-state index contributed by atoms with van der Waals surface area (Å²) < 4.78 is 10.1. The minimum absolute atomic E-state index is 0.229. The van der Waals surface area contributed by atoms with Crippen molar-refractivity contribution in [1.82, 2.24) is 0 Å². The molecule has 2 atom stereocenters. The highest BCUT2D eigenvalue weighted by molar-refractivity contribution is 6.01. The molecule has 1 heterocycles. The fraction of sp³-hybridized carbons (Fsp3) is 0.385. The van der Waals surface area contributed by atoms with Crippen LogP contribution in [-0.4, -0.2) is 25.0 Å². The number of hydrogen-bond donors (Lipinski definition) is 0. The Morgan fingerprint density at radius 3 is 2.76 bits per heavy atom. The highest BCUT2D eigenvalue weighted by Crippen LogP contribution is 2.29. The second-order valence-electron chi connectivity index (χ2n) is 4.07. The van der Waals surface area contributed by atoms with Crippen LogP contribution in [0.3, 0.4) is 0 Å². The fourth-order valence-electron chi connectivity index (χ4n) is 1.91. The summed E-state index contributed by atoms with van der Waals surface area (Å²) in [4.78, 5) is 23.3. The molecule has 0 N–H and O–H groups in total. The topological polar surface area (TPSA) is 52.6 Å². The van der Waals surface area contributed by atoms with Crippen LogP contribution in [0.2, 0.25) is 0 Å². The van der Waals surface area contributed by atoms with Gasteiger partial charge in [-0.15, -0.1) is 0 Å². The molecular weight excluding hydrogens is 220 g/mol. The van der Waals surface area contributed by atoms with Crippen molar-refractivity contribution in [3.05, 3.63) is 29.8 Å². The SMILES string of the molecule is COC(=O)C(C)C(=O)C1Cc2ccccc2O1. The Labute approximate surface area is 99.5 Å². The van der Waals surface area contributed by atoms with Crippen LogP contribution in [0, 0.1) is 5.92 Å². The van der Waals surface area contributed by atoms with Crippen molar-refractivity contribution in [2.75, 3.05) is 7.11 Å². The van der Waals surface area contributed by atoms with E-state index in [2.05, 4.69) is 4.74 Å². The molecule has 0 saturated carbocycles. The van der Waals surface area contributed by atoms with Gasteiger partial charge in [-0.3, -0.25) is 9.59 Å². The summed E-state index contributed by atoms with van der Waals surface area (Å²) in [5, 5.41) is 0. The molecule has 0 aromatic heterocycles. The van der Waals surface area contributed by atoms with E-state index in [9.17, 15) is 9.59 Å². The quantitative estimate of drug-likeness (QED) is 0.585. The van der Waals surface area contributed by atoms with Crippen LogP contribution >= 0.6 is 0 Å². The number of Topliss-reactive ketones (excluding diaryl/α,β-unsaturated/α-hetero) is 1. The van der Waals surface area contributed by atoms with Crippen molar-refractivity contribution in [1.29, 1.82) is 0 Å². The minimum atomic E-state index is -0.778. The molecule has 1 aromatic rings. The van der Waals surface area contributed by atoms with E-state index >= 15 is 0 Å². The summed E-state index contributed by atoms with van der Waals surface area (Å²) in [5.41, 5.74) is 1.00. The molecule has 0 spiro atoms. The van der Waals surface area contributed by atoms with Crippen molar-refractivity contribution in [2.45, 2.75) is 19.4 Å². The molecule has 0 amide bonds. The average Bonchev–Trinajstić information content (AvgIpc) is 2.79. The largest absolute Gasteiger partial charge is 0.482 e. The first-order valence-corrected chi connectivity index (χ1v) is 5.49. The molecule has 1 aliphatic rings. The van der Waals surface area contributed by atoms with Crippen LogP contribution in [0.5, 0.6) is 5.75 Å². The lowest BCUT2D eigenvalue weighted by Crippen LogP contribution is -2.34. The van der Waals surface area contributed by atoms with E-state index in [0.717, 1.165) is 11.3 Å². The number of ether oxygens (including phenoxy) is 2. The van der Waals surface area contributed by atoms with Gasteiger partial charge in [0.05, 0.1) is 7.11 Å². The van der Waals surface area contributed by atoms with Gasteiger partial charge in [0, 0.05) is 6.42 Å². The molecule has 0 bridgehead atoms. The van der Waals surface area contributed by atoms with Gasteiger partial charge in [-0.05, 0) is 18.6 Å². The zero-order valence-electron chi connectivity index (χ0n) is 9.80. The van der Waals surface area contributed by atoms with Crippen LogP contribution in [0.1, 0.15) is 12.5 Å². The lowest BCUT2D eigenvalue weighted by atomic mass is 9.98. The minimum Gasteiger partial charge on any atom is -0.482 e. The fourth-order valence-corrected chi connectivity index (χ4v) is 1.91. The lowest BCUT2D eigenvalue weighted by Gasteiger charge is -2.13. The number of carbonyl (C=O) groups is 2. The molecule has 4 heteroatoms. The van der Waals surface area contributed by atoms with Crippen molar-refractivity contribution < 1.29 is 19.1 Å². The second kappa shape index (κ2) is 4.57. The van der Waals surface area contributed by atoms with Gasteiger partial charge < -0.3 is 9.47 Å². The van der Waals surface area contributed by atoms with Crippen LogP contribution in [0.4, 0.5) is 0 Å². The Morgan fingerprint density at radius 2 is 2.12 bits per heavy atom. The predicted molar refractivity (Wildman–Crippen MR) is 60.7 cm³/mol. The zero-order chi connectivity index (χ0) is 12.4. The molecule has 0 radical (unpaired) electrons. The zero-order valence-corrected chi connectivity index (χ0v) is 9.80. The first-order valence-electron chi connectivity index (χ1n) is 5.49. The standard InChI is InChI=1S/C13H14O4/c1-8(13(15)16-2)12(14)11-7-9-5-3-4-6-10(9)17-11/h3-6,8,11H,7H2,1-2H3. The first-order chi connectivity index (χ1) is 8.13. The predicted octanol–water partition coefficient (Wildman–Crippen LogP) is 1.37. The van der Waals surface area contributed by atoms with Gasteiger partial charge in [0.2, 0.25) is 0 Å². The number of hydrogen-bond acceptors (Lipinski definition) is 4. The molecule has 0 fully saturated rings. The third-order valence-electron chi connectivity index (χ3n) is 2.95. The van der Waals surface area contributed by atoms with Crippen LogP contribution in [0.15, 0.2) is 24.3 Å². The number of benzene rings is 1. The number of methoxy groups -OCH3 is 1. The van der Waals surface area contributed by atoms with E-state index < -0.39 is 18.0 Å². The van der Waals surface area contributed by atoms with E-state index in [1.807, 2.05) is 24.3 Å². The molecule has 0 aliphatic carbocycles. The van der Waals surface area contributed by atoms with Gasteiger partial charge in [-0.25, -0.2) is 0 Å². The number of ketones is 1. The summed E-state index contributed by atoms with van der Waals surface area (Å²) in [6.07, 6.45) is -0.0439. The molecule has 1 aliphatic heterocycles. The molecule has 4 nitrogen and oxygen atoms in total. The number of esters is 1. The maximum Gasteiger partial charge on any atom is 0.316 e. The van der Waals surface area contributed by atoms with E-state index in [0.29, 0.717) is 6.42 Å². The maximum absolute atomic E-state index is 12.0.